The van der Waals surface area contributed by atoms with E-state index in [2.05, 4.69) is 22.8 Å². The maximum absolute atomic E-state index is 13.1. The van der Waals surface area contributed by atoms with Crippen LogP contribution in [-0.2, 0) is 29.0 Å². The predicted octanol–water partition coefficient (Wildman–Crippen LogP) is 4.33. The van der Waals surface area contributed by atoms with Crippen LogP contribution in [0.2, 0.25) is 0 Å². The molecule has 0 heterocycles. The minimum absolute atomic E-state index is 0.0379. The van der Waals surface area contributed by atoms with Crippen molar-refractivity contribution in [2.45, 2.75) is 38.0 Å². The Bertz CT molecular complexity index is 1020. The summed E-state index contributed by atoms with van der Waals surface area (Å²) in [6, 6.07) is 26.5. The highest BCUT2D eigenvalue weighted by Gasteiger charge is 2.28. The second-order valence-corrected chi connectivity index (χ2v) is 7.75. The molecule has 1 aliphatic carbocycles. The number of nitrogens with one attached hydrogen (secondary N) is 2. The van der Waals surface area contributed by atoms with Crippen LogP contribution in [0.15, 0.2) is 84.9 Å². The van der Waals surface area contributed by atoms with Gasteiger partial charge in [-0.2, -0.15) is 0 Å². The Morgan fingerprint density at radius 2 is 1.52 bits per heavy atom. The third-order valence-electron chi connectivity index (χ3n) is 5.55. The van der Waals surface area contributed by atoms with Crippen LogP contribution in [0.1, 0.15) is 34.7 Å². The zero-order valence-corrected chi connectivity index (χ0v) is 17.3. The van der Waals surface area contributed by atoms with E-state index in [1.807, 2.05) is 72.8 Å². The van der Waals surface area contributed by atoms with Gasteiger partial charge in [-0.25, -0.2) is 4.79 Å². The molecule has 5 heteroatoms. The normalized spacial score (nSPS) is 15.5. The molecule has 0 aromatic heterocycles. The number of ether oxygens (including phenoxy) is 1. The standard InChI is InChI=1S/C26H26N2O3/c29-25(27-23-16-15-21-13-7-8-14-22(21)23)24(17-19-9-3-1-4-10-19)28-26(30)31-18-20-11-5-2-6-12-20/h1-14,23-24H,15-18H2,(H,27,29)(H,28,30). The second-order valence-electron chi connectivity index (χ2n) is 7.75. The number of rotatable bonds is 7. The first-order chi connectivity index (χ1) is 15.2. The number of hydrogen-bond acceptors (Lipinski definition) is 3. The van der Waals surface area contributed by atoms with E-state index in [0.29, 0.717) is 6.42 Å². The van der Waals surface area contributed by atoms with Crippen LogP contribution in [0.25, 0.3) is 0 Å². The van der Waals surface area contributed by atoms with Crippen molar-refractivity contribution in [3.05, 3.63) is 107 Å². The molecule has 4 rings (SSSR count). The Balaban J connectivity index is 1.42. The highest BCUT2D eigenvalue weighted by Crippen LogP contribution is 2.30. The van der Waals surface area contributed by atoms with Crippen molar-refractivity contribution in [2.75, 3.05) is 0 Å². The van der Waals surface area contributed by atoms with E-state index in [1.165, 1.54) is 5.56 Å². The highest BCUT2D eigenvalue weighted by molar-refractivity contribution is 5.86. The number of benzene rings is 3. The van der Waals surface area contributed by atoms with E-state index >= 15 is 0 Å². The van der Waals surface area contributed by atoms with Crippen LogP contribution in [-0.4, -0.2) is 18.0 Å². The molecule has 0 radical (unpaired) electrons. The van der Waals surface area contributed by atoms with Gasteiger partial charge >= 0.3 is 6.09 Å². The van der Waals surface area contributed by atoms with E-state index in [9.17, 15) is 9.59 Å². The van der Waals surface area contributed by atoms with Crippen LogP contribution >= 0.6 is 0 Å². The Hall–Kier alpha value is -3.60. The van der Waals surface area contributed by atoms with Crippen molar-refractivity contribution in [1.82, 2.24) is 10.6 Å². The summed E-state index contributed by atoms with van der Waals surface area (Å²) < 4.78 is 5.34. The van der Waals surface area contributed by atoms with Gasteiger partial charge < -0.3 is 15.4 Å². The monoisotopic (exact) mass is 414 g/mol. The summed E-state index contributed by atoms with van der Waals surface area (Å²) in [5, 5.41) is 5.89. The molecule has 2 atom stereocenters. The average Bonchev–Trinajstić information content (AvgIpc) is 3.21. The lowest BCUT2D eigenvalue weighted by Gasteiger charge is -2.22. The maximum atomic E-state index is 13.1. The van der Waals surface area contributed by atoms with Crippen molar-refractivity contribution in [1.29, 1.82) is 0 Å². The molecular formula is C26H26N2O3. The molecule has 0 spiro atoms. The van der Waals surface area contributed by atoms with E-state index in [-0.39, 0.29) is 18.6 Å². The largest absolute Gasteiger partial charge is 0.445 e. The van der Waals surface area contributed by atoms with Gasteiger partial charge in [0.25, 0.3) is 0 Å². The first-order valence-electron chi connectivity index (χ1n) is 10.6. The van der Waals surface area contributed by atoms with Gasteiger partial charge in [-0.1, -0.05) is 84.9 Å². The van der Waals surface area contributed by atoms with Gasteiger partial charge in [0.15, 0.2) is 0 Å². The third kappa shape index (κ3) is 5.51. The lowest BCUT2D eigenvalue weighted by Crippen LogP contribution is -2.48. The molecule has 1 aliphatic rings. The number of hydrogen-bond donors (Lipinski definition) is 2. The third-order valence-corrected chi connectivity index (χ3v) is 5.55. The van der Waals surface area contributed by atoms with Gasteiger partial charge in [0.05, 0.1) is 6.04 Å². The average molecular weight is 415 g/mol. The lowest BCUT2D eigenvalue weighted by atomic mass is 10.0. The fraction of sp³-hybridized carbons (Fsp3) is 0.231. The van der Waals surface area contributed by atoms with Crippen molar-refractivity contribution < 1.29 is 14.3 Å². The van der Waals surface area contributed by atoms with Crippen LogP contribution in [0.3, 0.4) is 0 Å². The first kappa shape index (κ1) is 20.7. The number of amides is 2. The molecule has 0 saturated heterocycles. The molecule has 2 unspecified atom stereocenters. The lowest BCUT2D eigenvalue weighted by molar-refractivity contribution is -0.123. The predicted molar refractivity (Wildman–Crippen MR) is 119 cm³/mol. The SMILES string of the molecule is O=C(NC(Cc1ccccc1)C(=O)NC1CCc2ccccc21)OCc1ccccc1. The second kappa shape index (κ2) is 9.94. The summed E-state index contributed by atoms with van der Waals surface area (Å²) in [7, 11) is 0. The zero-order chi connectivity index (χ0) is 21.5. The van der Waals surface area contributed by atoms with Crippen LogP contribution in [0.4, 0.5) is 4.79 Å². The molecular weight excluding hydrogens is 388 g/mol. The number of carbonyl (C=O) groups excluding carboxylic acids is 2. The summed E-state index contributed by atoms with van der Waals surface area (Å²) in [6.45, 7) is 0.155. The number of aryl methyl sites for hydroxylation is 1. The summed E-state index contributed by atoms with van der Waals surface area (Å²) in [6.07, 6.45) is 1.59. The van der Waals surface area contributed by atoms with Gasteiger partial charge in [0, 0.05) is 6.42 Å². The van der Waals surface area contributed by atoms with Gasteiger partial charge in [-0.15, -0.1) is 0 Å². The van der Waals surface area contributed by atoms with Crippen LogP contribution in [0, 0.1) is 0 Å². The summed E-state index contributed by atoms with van der Waals surface area (Å²) in [5.41, 5.74) is 4.28. The van der Waals surface area contributed by atoms with Crippen molar-refractivity contribution in [3.63, 3.8) is 0 Å². The molecule has 31 heavy (non-hydrogen) atoms. The summed E-state index contributed by atoms with van der Waals surface area (Å²) in [5.74, 6) is -0.206. The Kier molecular flexibility index (Phi) is 6.62. The van der Waals surface area contributed by atoms with Gasteiger partial charge in [-0.3, -0.25) is 4.79 Å². The van der Waals surface area contributed by atoms with E-state index < -0.39 is 12.1 Å². The van der Waals surface area contributed by atoms with Gasteiger partial charge in [-0.05, 0) is 35.1 Å². The Morgan fingerprint density at radius 3 is 2.26 bits per heavy atom. The number of fused-ring (bicyclic) bond motifs is 1. The maximum Gasteiger partial charge on any atom is 0.408 e. The summed E-state index contributed by atoms with van der Waals surface area (Å²) in [4.78, 5) is 25.6. The molecule has 0 saturated carbocycles. The molecule has 158 valence electrons. The van der Waals surface area contributed by atoms with E-state index in [0.717, 1.165) is 29.5 Å². The number of carbonyl (C=O) groups is 2. The van der Waals surface area contributed by atoms with Gasteiger partial charge in [0.1, 0.15) is 12.6 Å². The zero-order valence-electron chi connectivity index (χ0n) is 17.3. The minimum atomic E-state index is -0.724. The molecule has 0 bridgehead atoms. The quantitative estimate of drug-likeness (QED) is 0.605. The van der Waals surface area contributed by atoms with Crippen molar-refractivity contribution >= 4 is 12.0 Å². The Labute approximate surface area is 182 Å². The smallest absolute Gasteiger partial charge is 0.408 e. The molecule has 2 N–H and O–H groups in total. The summed E-state index contributed by atoms with van der Waals surface area (Å²) >= 11 is 0. The fourth-order valence-electron chi connectivity index (χ4n) is 3.95. The van der Waals surface area contributed by atoms with E-state index in [1.54, 1.807) is 0 Å². The first-order valence-corrected chi connectivity index (χ1v) is 10.6. The molecule has 2 amide bonds. The van der Waals surface area contributed by atoms with Crippen LogP contribution < -0.4 is 10.6 Å². The van der Waals surface area contributed by atoms with Crippen molar-refractivity contribution in [3.8, 4) is 0 Å². The molecule has 0 aliphatic heterocycles. The topological polar surface area (TPSA) is 67.4 Å². The fourth-order valence-corrected chi connectivity index (χ4v) is 3.95. The molecule has 3 aromatic rings. The molecule has 0 fully saturated rings. The molecule has 3 aromatic carbocycles. The minimum Gasteiger partial charge on any atom is -0.445 e. The van der Waals surface area contributed by atoms with Gasteiger partial charge in [0.2, 0.25) is 5.91 Å². The Morgan fingerprint density at radius 1 is 0.871 bits per heavy atom. The number of alkyl carbamates (subject to hydrolysis) is 1. The van der Waals surface area contributed by atoms with Crippen LogP contribution in [0.5, 0.6) is 0 Å². The molecule has 5 nitrogen and oxygen atoms in total. The van der Waals surface area contributed by atoms with Crippen molar-refractivity contribution in [2.24, 2.45) is 0 Å². The van der Waals surface area contributed by atoms with E-state index in [4.69, 9.17) is 4.74 Å². The highest BCUT2D eigenvalue weighted by atomic mass is 16.5.